The van der Waals surface area contributed by atoms with E-state index in [1.54, 1.807) is 45.3 Å². The van der Waals surface area contributed by atoms with Crippen LogP contribution in [0.1, 0.15) is 71.8 Å². The number of aliphatic carboxylic acids is 1. The molecule has 3 amide bonds. The Morgan fingerprint density at radius 1 is 1.21 bits per heavy atom. The third kappa shape index (κ3) is 6.83. The second-order valence-corrected chi connectivity index (χ2v) is 12.4. The van der Waals surface area contributed by atoms with Crippen molar-refractivity contribution >= 4 is 23.9 Å². The summed E-state index contributed by atoms with van der Waals surface area (Å²) in [6, 6.07) is 1.07. The maximum atomic E-state index is 14.1. The van der Waals surface area contributed by atoms with E-state index in [9.17, 15) is 24.3 Å². The summed E-state index contributed by atoms with van der Waals surface area (Å²) in [5.74, 6) is -2.13. The van der Waals surface area contributed by atoms with Crippen LogP contribution in [-0.2, 0) is 19.1 Å². The molecule has 5 atom stereocenters. The molecule has 1 aliphatic carbocycles. The predicted molar refractivity (Wildman–Crippen MR) is 152 cm³/mol. The van der Waals surface area contributed by atoms with Crippen molar-refractivity contribution in [3.63, 3.8) is 0 Å². The maximum absolute atomic E-state index is 14.1. The number of aromatic nitrogens is 5. The van der Waals surface area contributed by atoms with E-state index in [0.717, 1.165) is 19.3 Å². The SMILES string of the molecule is CC(C)(C)OC(=O)N[C@@H]1CCCCCC=C[C@@H]2C[C@]2(C(=O)O)NC(=O)[C@@H]2C[C@H](n3nnc(-c4cccnc4)n3)CN2C1=O. The number of nitrogens with zero attached hydrogens (tertiary/aromatic N) is 6. The fraction of sp³-hybridized carbons (Fsp3) is 0.586. The number of hydrogen-bond acceptors (Lipinski definition) is 9. The molecule has 2 aliphatic heterocycles. The number of alkyl carbamates (subject to hydrolysis) is 1. The number of carbonyl (C=O) groups excluding carboxylic acids is 3. The lowest BCUT2D eigenvalue weighted by molar-refractivity contribution is -0.145. The van der Waals surface area contributed by atoms with Gasteiger partial charge in [0.2, 0.25) is 17.6 Å². The Labute approximate surface area is 249 Å². The Hall–Kier alpha value is -4.36. The molecule has 3 N–H and O–H groups in total. The zero-order valence-corrected chi connectivity index (χ0v) is 24.6. The highest BCUT2D eigenvalue weighted by Gasteiger charge is 2.61. The van der Waals surface area contributed by atoms with E-state index in [1.165, 1.54) is 9.70 Å². The number of tetrazole rings is 1. The molecule has 14 nitrogen and oxygen atoms in total. The summed E-state index contributed by atoms with van der Waals surface area (Å²) in [7, 11) is 0. The molecule has 2 aromatic rings. The van der Waals surface area contributed by atoms with Gasteiger partial charge in [-0.2, -0.15) is 4.80 Å². The first-order valence-electron chi connectivity index (χ1n) is 14.7. The van der Waals surface area contributed by atoms with Gasteiger partial charge in [-0.15, -0.1) is 10.2 Å². The van der Waals surface area contributed by atoms with Gasteiger partial charge in [-0.1, -0.05) is 25.0 Å². The van der Waals surface area contributed by atoms with Crippen molar-refractivity contribution in [3.05, 3.63) is 36.7 Å². The molecule has 14 heteroatoms. The molecule has 0 unspecified atom stereocenters. The molecule has 0 aromatic carbocycles. The van der Waals surface area contributed by atoms with Crippen molar-refractivity contribution in [1.29, 1.82) is 0 Å². The van der Waals surface area contributed by atoms with E-state index in [4.69, 9.17) is 4.74 Å². The minimum absolute atomic E-state index is 0.0651. The van der Waals surface area contributed by atoms with Crippen molar-refractivity contribution in [2.75, 3.05) is 6.54 Å². The normalized spacial score (nSPS) is 28.1. The van der Waals surface area contributed by atoms with Crippen LogP contribution in [0.4, 0.5) is 4.79 Å². The number of carboxylic acids is 1. The zero-order valence-electron chi connectivity index (χ0n) is 24.6. The average Bonchev–Trinajstić information content (AvgIpc) is 3.28. The maximum Gasteiger partial charge on any atom is 0.408 e. The molecule has 0 radical (unpaired) electrons. The van der Waals surface area contributed by atoms with Crippen LogP contribution < -0.4 is 10.6 Å². The molecule has 0 spiro atoms. The molecule has 2 aromatic heterocycles. The number of pyridine rings is 1. The van der Waals surface area contributed by atoms with Gasteiger partial charge in [0.05, 0.1) is 6.04 Å². The standard InChI is InChI=1S/C29H38N8O6/c1-28(2,3)43-27(42)31-21-12-8-6-4-5-7-11-19-15-29(19,26(40)41)32-24(38)22-14-20(17-36(22)25(21)39)37-34-23(33-35-37)18-10-9-13-30-16-18/h7,9-11,13,16,19-22H,4-6,8,12,14-15,17H2,1-3H3,(H,31,42)(H,32,38)(H,40,41)/t19-,20+,21-,22+,29+/m1/s1. The minimum Gasteiger partial charge on any atom is -0.479 e. The van der Waals surface area contributed by atoms with Crippen LogP contribution in [0.25, 0.3) is 11.4 Å². The van der Waals surface area contributed by atoms with E-state index >= 15 is 0 Å². The Morgan fingerprint density at radius 2 is 2.02 bits per heavy atom. The van der Waals surface area contributed by atoms with Gasteiger partial charge in [-0.25, -0.2) is 9.59 Å². The molecule has 5 rings (SSSR count). The topological polar surface area (TPSA) is 182 Å². The van der Waals surface area contributed by atoms with Crippen LogP contribution in [0.5, 0.6) is 0 Å². The van der Waals surface area contributed by atoms with Crippen molar-refractivity contribution in [2.45, 2.75) is 95.0 Å². The van der Waals surface area contributed by atoms with Gasteiger partial charge in [0.15, 0.2) is 0 Å². The molecule has 230 valence electrons. The first-order valence-corrected chi connectivity index (χ1v) is 14.7. The van der Waals surface area contributed by atoms with E-state index < -0.39 is 53.1 Å². The number of carboxylic acid groups (broad SMARTS) is 1. The highest BCUT2D eigenvalue weighted by atomic mass is 16.6. The highest BCUT2D eigenvalue weighted by Crippen LogP contribution is 2.45. The molecule has 1 saturated heterocycles. The minimum atomic E-state index is -1.42. The van der Waals surface area contributed by atoms with Crippen LogP contribution in [0.2, 0.25) is 0 Å². The van der Waals surface area contributed by atoms with Gasteiger partial charge in [0.25, 0.3) is 0 Å². The Bertz CT molecular complexity index is 1390. The number of nitrogens with one attached hydrogen (secondary N) is 2. The fourth-order valence-corrected chi connectivity index (χ4v) is 5.69. The summed E-state index contributed by atoms with van der Waals surface area (Å²) in [5, 5.41) is 28.3. The van der Waals surface area contributed by atoms with Crippen molar-refractivity contribution in [1.82, 2.24) is 40.7 Å². The molecule has 0 bridgehead atoms. The first-order chi connectivity index (χ1) is 20.5. The van der Waals surface area contributed by atoms with Gasteiger partial charge in [0.1, 0.15) is 23.2 Å². The predicted octanol–water partition coefficient (Wildman–Crippen LogP) is 2.25. The smallest absolute Gasteiger partial charge is 0.408 e. The largest absolute Gasteiger partial charge is 0.479 e. The number of amides is 3. The van der Waals surface area contributed by atoms with Crippen molar-refractivity contribution < 1.29 is 29.0 Å². The number of carbonyl (C=O) groups is 4. The van der Waals surface area contributed by atoms with Gasteiger partial charge in [-0.05, 0) is 63.8 Å². The quantitative estimate of drug-likeness (QED) is 0.444. The van der Waals surface area contributed by atoms with Crippen LogP contribution in [0, 0.1) is 5.92 Å². The van der Waals surface area contributed by atoms with Gasteiger partial charge >= 0.3 is 12.1 Å². The van der Waals surface area contributed by atoms with Crippen LogP contribution >= 0.6 is 0 Å². The van der Waals surface area contributed by atoms with E-state index in [0.29, 0.717) is 24.2 Å². The molecular weight excluding hydrogens is 556 g/mol. The van der Waals surface area contributed by atoms with Crippen molar-refractivity contribution in [3.8, 4) is 11.4 Å². The Morgan fingerprint density at radius 3 is 2.74 bits per heavy atom. The molecule has 3 aliphatic rings. The van der Waals surface area contributed by atoms with Crippen LogP contribution in [0.3, 0.4) is 0 Å². The van der Waals surface area contributed by atoms with E-state index in [-0.39, 0.29) is 25.3 Å². The lowest BCUT2D eigenvalue weighted by atomic mass is 10.0. The molecule has 43 heavy (non-hydrogen) atoms. The highest BCUT2D eigenvalue weighted by molar-refractivity contribution is 5.96. The number of rotatable bonds is 4. The molecule has 2 fully saturated rings. The summed E-state index contributed by atoms with van der Waals surface area (Å²) in [6.45, 7) is 5.27. The van der Waals surface area contributed by atoms with Crippen molar-refractivity contribution in [2.24, 2.45) is 5.92 Å². The second-order valence-electron chi connectivity index (χ2n) is 12.4. The van der Waals surface area contributed by atoms with Gasteiger partial charge < -0.3 is 25.4 Å². The number of allylic oxidation sites excluding steroid dienone is 1. The average molecular weight is 595 g/mol. The summed E-state index contributed by atoms with van der Waals surface area (Å²) in [4.78, 5) is 59.8. The molecular formula is C29H38N8O6. The Kier molecular flexibility index (Phi) is 8.47. The summed E-state index contributed by atoms with van der Waals surface area (Å²) in [5.41, 5.74) is -1.53. The van der Waals surface area contributed by atoms with Gasteiger partial charge in [-0.3, -0.25) is 14.6 Å². The zero-order chi connectivity index (χ0) is 30.8. The van der Waals surface area contributed by atoms with Gasteiger partial charge in [0, 0.05) is 36.8 Å². The van der Waals surface area contributed by atoms with Crippen LogP contribution in [0.15, 0.2) is 36.7 Å². The third-order valence-corrected chi connectivity index (χ3v) is 8.00. The lowest BCUT2D eigenvalue weighted by Crippen LogP contribution is -2.56. The van der Waals surface area contributed by atoms with E-state index in [2.05, 4.69) is 31.0 Å². The monoisotopic (exact) mass is 594 g/mol. The lowest BCUT2D eigenvalue weighted by Gasteiger charge is -2.30. The molecule has 1 saturated carbocycles. The number of hydrogen-bond donors (Lipinski definition) is 3. The second kappa shape index (κ2) is 12.1. The van der Waals surface area contributed by atoms with Crippen LogP contribution in [-0.4, -0.2) is 88.8 Å². The fourth-order valence-electron chi connectivity index (χ4n) is 5.69. The first kappa shape index (κ1) is 30.1. The number of fused-ring (bicyclic) bond motifs is 2. The van der Waals surface area contributed by atoms with E-state index in [1.807, 2.05) is 12.2 Å². The Balaban J connectivity index is 1.44. The summed E-state index contributed by atoms with van der Waals surface area (Å²) in [6.07, 6.45) is 10.2. The summed E-state index contributed by atoms with van der Waals surface area (Å²) < 4.78 is 5.43. The third-order valence-electron chi connectivity index (χ3n) is 8.00. The number of ether oxygens (including phenoxy) is 1. The summed E-state index contributed by atoms with van der Waals surface area (Å²) >= 11 is 0. The molecule has 4 heterocycles.